The molecule has 18 heavy (non-hydrogen) atoms. The van der Waals surface area contributed by atoms with Gasteiger partial charge in [0, 0.05) is 0 Å². The van der Waals surface area contributed by atoms with Crippen LogP contribution in [0.2, 0.25) is 21.1 Å². The van der Waals surface area contributed by atoms with Crippen LogP contribution in [-0.4, -0.2) is 13.1 Å². The fourth-order valence-electron chi connectivity index (χ4n) is 3.41. The Morgan fingerprint density at radius 1 is 0.500 bits per heavy atom. The summed E-state index contributed by atoms with van der Waals surface area (Å²) >= 11 is -1.20. The van der Waals surface area contributed by atoms with E-state index in [-0.39, 0.29) is 18.9 Å². The summed E-state index contributed by atoms with van der Waals surface area (Å²) in [6, 6.07) is 0. The Kier molecular flexibility index (Phi) is 17.3. The molecule has 0 saturated carbocycles. The SMILES string of the molecule is CCC[CH2][Al-]([CH2]CCC)([CH2]CCC)[CH2]CCC.[Li+]. The molecule has 0 heterocycles. The van der Waals surface area contributed by atoms with Gasteiger partial charge in [0.15, 0.2) is 0 Å². The van der Waals surface area contributed by atoms with E-state index in [1.54, 1.807) is 21.1 Å². The first kappa shape index (κ1) is 21.4. The van der Waals surface area contributed by atoms with Crippen molar-refractivity contribution in [1.29, 1.82) is 0 Å². The van der Waals surface area contributed by atoms with Crippen molar-refractivity contribution in [3.05, 3.63) is 0 Å². The minimum Gasteiger partial charge on any atom is -0.191 e. The largest absolute Gasteiger partial charge is 1.00 e. The molecule has 0 aromatic carbocycles. The second-order valence-electron chi connectivity index (χ2n) is 6.30. The van der Waals surface area contributed by atoms with Crippen molar-refractivity contribution >= 4 is 13.1 Å². The monoisotopic (exact) mass is 262 g/mol. The molecule has 2 heteroatoms. The molecule has 0 aliphatic carbocycles. The molecule has 104 valence electrons. The van der Waals surface area contributed by atoms with Crippen LogP contribution >= 0.6 is 0 Å². The molecule has 0 rings (SSSR count). The Balaban J connectivity index is 0. The van der Waals surface area contributed by atoms with E-state index in [0.717, 1.165) is 0 Å². The van der Waals surface area contributed by atoms with Crippen LogP contribution in [0.5, 0.6) is 0 Å². The summed E-state index contributed by atoms with van der Waals surface area (Å²) < 4.78 is 0. The molecule has 0 radical (unpaired) electrons. The van der Waals surface area contributed by atoms with Crippen molar-refractivity contribution in [2.75, 3.05) is 0 Å². The first-order chi connectivity index (χ1) is 8.24. The third-order valence-corrected chi connectivity index (χ3v) is 11.2. The van der Waals surface area contributed by atoms with Crippen LogP contribution in [0.25, 0.3) is 0 Å². The average molecular weight is 262 g/mol. The van der Waals surface area contributed by atoms with Gasteiger partial charge in [0.25, 0.3) is 0 Å². The van der Waals surface area contributed by atoms with Crippen molar-refractivity contribution in [2.45, 2.75) is 100 Å². The van der Waals surface area contributed by atoms with E-state index < -0.39 is 13.1 Å². The topological polar surface area (TPSA) is 0 Å². The molecule has 0 fully saturated rings. The standard InChI is InChI=1S/4C4H9.Al.Li/c4*1-3-4-2;;/h4*1,3-4H2,2H3;;/q;;;;-1;+1. The Hall–Kier alpha value is 1.13. The molecular weight excluding hydrogens is 226 g/mol. The van der Waals surface area contributed by atoms with Crippen LogP contribution in [0, 0.1) is 0 Å². The van der Waals surface area contributed by atoms with Crippen LogP contribution in [0.3, 0.4) is 0 Å². The van der Waals surface area contributed by atoms with Crippen LogP contribution in [0.15, 0.2) is 0 Å². The van der Waals surface area contributed by atoms with Gasteiger partial charge in [-0.15, -0.1) is 0 Å². The maximum Gasteiger partial charge on any atom is 1.00 e. The summed E-state index contributed by atoms with van der Waals surface area (Å²) in [6.45, 7) is 9.46. The van der Waals surface area contributed by atoms with Crippen molar-refractivity contribution < 1.29 is 18.9 Å². The summed E-state index contributed by atoms with van der Waals surface area (Å²) in [7, 11) is 0. The molecule has 0 aliphatic rings. The van der Waals surface area contributed by atoms with Crippen molar-refractivity contribution in [1.82, 2.24) is 0 Å². The maximum absolute atomic E-state index is 2.36. The first-order valence-corrected chi connectivity index (χ1v) is 11.7. The van der Waals surface area contributed by atoms with Gasteiger partial charge in [0.1, 0.15) is 13.1 Å². The van der Waals surface area contributed by atoms with E-state index in [1.165, 1.54) is 51.4 Å². The van der Waals surface area contributed by atoms with Gasteiger partial charge in [0.2, 0.25) is 0 Å². The summed E-state index contributed by atoms with van der Waals surface area (Å²) in [6.07, 6.45) is 11.7. The average Bonchev–Trinajstić information content (AvgIpc) is 2.37. The third-order valence-electron chi connectivity index (χ3n) is 4.68. The Bertz CT molecular complexity index is 122. The molecule has 0 N–H and O–H groups in total. The molecule has 0 amide bonds. The molecule has 0 aromatic rings. The summed E-state index contributed by atoms with van der Waals surface area (Å²) in [4.78, 5) is 0. The van der Waals surface area contributed by atoms with Gasteiger partial charge in [0.05, 0.1) is 0 Å². The number of unbranched alkanes of at least 4 members (excludes halogenated alkanes) is 4. The molecule has 0 atom stereocenters. The first-order valence-electron chi connectivity index (χ1n) is 8.46. The van der Waals surface area contributed by atoms with Crippen molar-refractivity contribution in [3.8, 4) is 0 Å². The van der Waals surface area contributed by atoms with Crippen molar-refractivity contribution in [2.24, 2.45) is 0 Å². The maximum atomic E-state index is 2.36. The smallest absolute Gasteiger partial charge is 0.191 e. The molecule has 0 bridgehead atoms. The van der Waals surface area contributed by atoms with Gasteiger partial charge >= 0.3 is 18.9 Å². The van der Waals surface area contributed by atoms with E-state index in [0.29, 0.717) is 0 Å². The quantitative estimate of drug-likeness (QED) is 0.471. The van der Waals surface area contributed by atoms with Gasteiger partial charge in [-0.1, -0.05) is 79.1 Å². The summed E-state index contributed by atoms with van der Waals surface area (Å²) in [5, 5.41) is 6.62. The minimum atomic E-state index is -1.20. The number of hydrogen-bond acceptors (Lipinski definition) is 0. The van der Waals surface area contributed by atoms with E-state index in [1.807, 2.05) is 0 Å². The molecule has 0 aromatic heterocycles. The summed E-state index contributed by atoms with van der Waals surface area (Å²) in [5.41, 5.74) is 0. The molecule has 0 spiro atoms. The van der Waals surface area contributed by atoms with Crippen LogP contribution in [0.4, 0.5) is 0 Å². The van der Waals surface area contributed by atoms with E-state index in [9.17, 15) is 0 Å². The number of hydrogen-bond donors (Lipinski definition) is 0. The van der Waals surface area contributed by atoms with Gasteiger partial charge in [-0.05, 0) is 0 Å². The van der Waals surface area contributed by atoms with Gasteiger partial charge < -0.3 is 0 Å². The predicted octanol–water partition coefficient (Wildman–Crippen LogP) is 3.64. The van der Waals surface area contributed by atoms with E-state index in [2.05, 4.69) is 27.7 Å². The van der Waals surface area contributed by atoms with Gasteiger partial charge in [-0.3, -0.25) is 0 Å². The van der Waals surface area contributed by atoms with Crippen molar-refractivity contribution in [3.63, 3.8) is 0 Å². The number of rotatable bonds is 12. The minimum absolute atomic E-state index is 0. The zero-order valence-corrected chi connectivity index (χ0v) is 15.2. The Labute approximate surface area is 132 Å². The fraction of sp³-hybridized carbons (Fsp3) is 1.00. The van der Waals surface area contributed by atoms with Crippen LogP contribution < -0.4 is 18.9 Å². The molecule has 0 saturated heterocycles. The predicted molar refractivity (Wildman–Crippen MR) is 84.6 cm³/mol. The van der Waals surface area contributed by atoms with Gasteiger partial charge in [-0.25, -0.2) is 0 Å². The zero-order valence-electron chi connectivity index (χ0n) is 14.1. The van der Waals surface area contributed by atoms with E-state index in [4.69, 9.17) is 0 Å². The Morgan fingerprint density at radius 3 is 0.889 bits per heavy atom. The van der Waals surface area contributed by atoms with E-state index >= 15 is 0 Å². The van der Waals surface area contributed by atoms with Crippen LogP contribution in [0.1, 0.15) is 79.1 Å². The normalized spacial score (nSPS) is 11.3. The Morgan fingerprint density at radius 2 is 0.722 bits per heavy atom. The zero-order chi connectivity index (χ0) is 13.0. The molecular formula is C16H36AlLi. The second kappa shape index (κ2) is 14.5. The van der Waals surface area contributed by atoms with Gasteiger partial charge in [-0.2, -0.15) is 21.1 Å². The molecule has 0 unspecified atom stereocenters. The summed E-state index contributed by atoms with van der Waals surface area (Å²) in [5.74, 6) is 0. The van der Waals surface area contributed by atoms with Crippen LogP contribution in [-0.2, 0) is 0 Å². The third kappa shape index (κ3) is 9.98. The molecule has 0 nitrogen and oxygen atoms in total. The second-order valence-corrected chi connectivity index (χ2v) is 12.1. The fourth-order valence-corrected chi connectivity index (χ4v) is 10.2. The molecule has 0 aliphatic heterocycles.